The van der Waals surface area contributed by atoms with Crippen LogP contribution in [0.4, 0.5) is 0 Å². The molecule has 0 bridgehead atoms. The van der Waals surface area contributed by atoms with Crippen LogP contribution in [0.15, 0.2) is 146 Å². The molecule has 60 heavy (non-hydrogen) atoms. The van der Waals surface area contributed by atoms with E-state index in [1.54, 1.807) is 22.7 Å². The van der Waals surface area contributed by atoms with Crippen LogP contribution in [-0.2, 0) is 0 Å². The maximum Gasteiger partial charge on any atom is 0.184 e. The van der Waals surface area contributed by atoms with Crippen LogP contribution in [0, 0.1) is 0 Å². The molecule has 0 unspecified atom stereocenters. The maximum atomic E-state index is 5.52. The number of aromatic nitrogens is 6. The standard InChI is InChI=1S/C50H34N6S2.C2H6/c1-3-17-36-40(4-2)57-46-42(36)51-48(37-26-15-24-34-32-22-11-13-28-39(32)56(44(34)37)31-20-9-6-10-21-31)52-43(46)50-54-47(30-18-7-5-8-19-30)53-49(55-50)38-27-16-25-35-33-23-12-14-29-41(33)58-45(35)38;1-2/h4-29H,3H2,1-2H3;1-2H3/b36-17+,40-4+;. The molecule has 0 saturated heterocycles. The first-order valence-corrected chi connectivity index (χ1v) is 22.1. The van der Waals surface area contributed by atoms with Gasteiger partial charge >= 0.3 is 0 Å². The predicted molar refractivity (Wildman–Crippen MR) is 255 cm³/mol. The van der Waals surface area contributed by atoms with E-state index in [0.717, 1.165) is 69.9 Å². The summed E-state index contributed by atoms with van der Waals surface area (Å²) >= 11 is 3.46. The van der Waals surface area contributed by atoms with Gasteiger partial charge in [0.2, 0.25) is 0 Å². The zero-order valence-electron chi connectivity index (χ0n) is 33.7. The van der Waals surface area contributed by atoms with Crippen LogP contribution in [-0.4, -0.2) is 29.5 Å². The van der Waals surface area contributed by atoms with E-state index in [1.165, 1.54) is 20.9 Å². The molecule has 5 aromatic heterocycles. The lowest BCUT2D eigenvalue weighted by Gasteiger charge is -2.12. The fourth-order valence-electron chi connectivity index (χ4n) is 8.19. The van der Waals surface area contributed by atoms with Crippen molar-refractivity contribution in [3.8, 4) is 51.4 Å². The lowest BCUT2D eigenvalue weighted by molar-refractivity contribution is 1.06. The monoisotopic (exact) mass is 812 g/mol. The highest BCUT2D eigenvalue weighted by Crippen LogP contribution is 2.41. The average molecular weight is 813 g/mol. The summed E-state index contributed by atoms with van der Waals surface area (Å²) in [6, 6.07) is 50.7. The van der Waals surface area contributed by atoms with E-state index in [2.05, 4.69) is 158 Å². The van der Waals surface area contributed by atoms with Crippen molar-refractivity contribution in [1.29, 1.82) is 0 Å². The Balaban J connectivity index is 0.00000213. The zero-order chi connectivity index (χ0) is 40.7. The van der Waals surface area contributed by atoms with Gasteiger partial charge in [-0.1, -0.05) is 142 Å². The normalized spacial score (nSPS) is 12.3. The van der Waals surface area contributed by atoms with Crippen molar-refractivity contribution >= 4 is 87.0 Å². The highest BCUT2D eigenvalue weighted by Gasteiger charge is 2.24. The summed E-state index contributed by atoms with van der Waals surface area (Å²) in [5.41, 5.74) is 7.65. The smallest absolute Gasteiger partial charge is 0.184 e. The number of fused-ring (bicyclic) bond motifs is 7. The molecule has 8 heteroatoms. The second-order valence-corrected chi connectivity index (χ2v) is 16.3. The van der Waals surface area contributed by atoms with Crippen molar-refractivity contribution in [2.75, 3.05) is 0 Å². The Labute approximate surface area is 355 Å². The van der Waals surface area contributed by atoms with Crippen LogP contribution in [0.2, 0.25) is 0 Å². The maximum absolute atomic E-state index is 5.52. The summed E-state index contributed by atoms with van der Waals surface area (Å²) in [6.07, 6.45) is 5.31. The van der Waals surface area contributed by atoms with Crippen LogP contribution in [0.25, 0.3) is 116 Å². The van der Waals surface area contributed by atoms with Gasteiger partial charge in [-0.3, -0.25) is 0 Å². The molecule has 5 heterocycles. The molecule has 0 aliphatic rings. The molecule has 0 atom stereocenters. The van der Waals surface area contributed by atoms with Gasteiger partial charge in [-0.2, -0.15) is 0 Å². The Kier molecular flexibility index (Phi) is 9.80. The molecule has 0 aliphatic carbocycles. The lowest BCUT2D eigenvalue weighted by atomic mass is 10.1. The minimum atomic E-state index is 0.512. The number of hydrogen-bond acceptors (Lipinski definition) is 7. The summed E-state index contributed by atoms with van der Waals surface area (Å²) in [5.74, 6) is 2.34. The first-order chi connectivity index (χ1) is 29.7. The van der Waals surface area contributed by atoms with Crippen LogP contribution < -0.4 is 9.75 Å². The highest BCUT2D eigenvalue weighted by molar-refractivity contribution is 7.26. The summed E-state index contributed by atoms with van der Waals surface area (Å²) < 4.78 is 6.81. The molecular formula is C52H40N6S2. The first-order valence-electron chi connectivity index (χ1n) is 20.5. The third kappa shape index (κ3) is 6.19. The summed E-state index contributed by atoms with van der Waals surface area (Å²) in [4.78, 5) is 26.8. The van der Waals surface area contributed by atoms with Gasteiger partial charge in [-0.15, -0.1) is 22.7 Å². The van der Waals surface area contributed by atoms with Gasteiger partial charge in [-0.25, -0.2) is 24.9 Å². The van der Waals surface area contributed by atoms with E-state index < -0.39 is 0 Å². The summed E-state index contributed by atoms with van der Waals surface area (Å²) in [5, 5.41) is 5.84. The summed E-state index contributed by atoms with van der Waals surface area (Å²) in [6.45, 7) is 8.26. The van der Waals surface area contributed by atoms with Crippen LogP contribution in [0.1, 0.15) is 34.1 Å². The minimum absolute atomic E-state index is 0.512. The number of thiophene rings is 2. The quantitative estimate of drug-likeness (QED) is 0.167. The van der Waals surface area contributed by atoms with Gasteiger partial charge in [0.15, 0.2) is 23.3 Å². The second kappa shape index (κ2) is 15.7. The van der Waals surface area contributed by atoms with E-state index >= 15 is 0 Å². The van der Waals surface area contributed by atoms with Crippen LogP contribution in [0.5, 0.6) is 0 Å². The van der Waals surface area contributed by atoms with Crippen molar-refractivity contribution in [3.63, 3.8) is 0 Å². The molecule has 11 rings (SSSR count). The largest absolute Gasteiger partial charge is 0.309 e. The number of para-hydroxylation sites is 3. The Morgan fingerprint density at radius 1 is 0.533 bits per heavy atom. The van der Waals surface area contributed by atoms with Gasteiger partial charge in [-0.05, 0) is 49.7 Å². The molecule has 0 fully saturated rings. The third-order valence-electron chi connectivity index (χ3n) is 10.7. The van der Waals surface area contributed by atoms with Gasteiger partial charge in [0.05, 0.1) is 21.3 Å². The Morgan fingerprint density at radius 3 is 1.95 bits per heavy atom. The highest BCUT2D eigenvalue weighted by atomic mass is 32.1. The molecule has 0 saturated carbocycles. The molecule has 6 aromatic carbocycles. The van der Waals surface area contributed by atoms with Crippen molar-refractivity contribution in [2.45, 2.75) is 34.1 Å². The molecule has 290 valence electrons. The van der Waals surface area contributed by atoms with E-state index in [0.29, 0.717) is 29.0 Å². The van der Waals surface area contributed by atoms with Gasteiger partial charge in [0.25, 0.3) is 0 Å². The molecular weight excluding hydrogens is 773 g/mol. The van der Waals surface area contributed by atoms with Crippen molar-refractivity contribution < 1.29 is 0 Å². The van der Waals surface area contributed by atoms with E-state index in [-0.39, 0.29) is 0 Å². The van der Waals surface area contributed by atoms with E-state index in [4.69, 9.17) is 24.9 Å². The van der Waals surface area contributed by atoms with Gasteiger partial charge < -0.3 is 4.57 Å². The van der Waals surface area contributed by atoms with Crippen molar-refractivity contribution in [3.05, 3.63) is 155 Å². The second-order valence-electron chi connectivity index (χ2n) is 14.2. The van der Waals surface area contributed by atoms with Crippen molar-refractivity contribution in [1.82, 2.24) is 29.5 Å². The Morgan fingerprint density at radius 2 is 1.17 bits per heavy atom. The molecule has 11 aromatic rings. The topological polar surface area (TPSA) is 69.4 Å². The SMILES string of the molecule is C/C=c1/sc2c(-c3nc(-c4ccccc4)nc(-c4cccc5c4sc4ccccc45)n3)nc(-c3cccc4c5ccccc5n(-c5ccccc5)c34)nc2/c1=C/CC.CC. The lowest BCUT2D eigenvalue weighted by Crippen LogP contribution is -2.18. The average Bonchev–Trinajstić information content (AvgIpc) is 3.99. The van der Waals surface area contributed by atoms with E-state index in [1.807, 2.05) is 32.0 Å². The molecule has 0 radical (unpaired) electrons. The molecule has 0 N–H and O–H groups in total. The predicted octanol–water partition coefficient (Wildman–Crippen LogP) is 13.0. The van der Waals surface area contributed by atoms with E-state index in [9.17, 15) is 0 Å². The molecule has 6 nitrogen and oxygen atoms in total. The first kappa shape index (κ1) is 37.4. The Hall–Kier alpha value is -6.87. The fraction of sp³-hybridized carbons (Fsp3) is 0.0962. The number of nitrogens with zero attached hydrogens (tertiary/aromatic N) is 6. The van der Waals surface area contributed by atoms with Crippen molar-refractivity contribution in [2.24, 2.45) is 0 Å². The van der Waals surface area contributed by atoms with Gasteiger partial charge in [0, 0.05) is 63.1 Å². The fourth-order valence-corrected chi connectivity index (χ4v) is 10.5. The summed E-state index contributed by atoms with van der Waals surface area (Å²) in [7, 11) is 0. The van der Waals surface area contributed by atoms with Gasteiger partial charge in [0.1, 0.15) is 5.69 Å². The van der Waals surface area contributed by atoms with Crippen LogP contribution in [0.3, 0.4) is 0 Å². The number of benzene rings is 6. The third-order valence-corrected chi connectivity index (χ3v) is 13.2. The molecule has 0 aliphatic heterocycles. The number of rotatable bonds is 6. The number of hydrogen-bond donors (Lipinski definition) is 0. The minimum Gasteiger partial charge on any atom is -0.309 e. The Bertz CT molecular complexity index is 3510. The zero-order valence-corrected chi connectivity index (χ0v) is 35.4. The molecule has 0 spiro atoms. The van der Waals surface area contributed by atoms with Crippen LogP contribution >= 0.6 is 22.7 Å². The molecule has 0 amide bonds.